The molecule has 108 valence electrons. The van der Waals surface area contributed by atoms with Gasteiger partial charge in [-0.3, -0.25) is 4.79 Å². The molecule has 0 heterocycles. The Balaban J connectivity index is 4.78. The number of hydrogen-bond donors (Lipinski definition) is 1. The molecule has 4 nitrogen and oxygen atoms in total. The van der Waals surface area contributed by atoms with E-state index >= 15 is 0 Å². The largest absolute Gasteiger partial charge is 0.516 e. The van der Waals surface area contributed by atoms with E-state index in [1.807, 2.05) is 13.8 Å². The minimum atomic E-state index is -5.62. The van der Waals surface area contributed by atoms with Gasteiger partial charge in [-0.25, -0.2) is 4.72 Å². The number of amides is 1. The second kappa shape index (κ2) is 5.46. The number of nitrogens with one attached hydrogen (secondary N) is 1. The van der Waals surface area contributed by atoms with E-state index in [1.165, 1.54) is 13.8 Å². The zero-order valence-corrected chi connectivity index (χ0v) is 11.6. The molecule has 0 saturated heterocycles. The van der Waals surface area contributed by atoms with Crippen LogP contribution in [0.15, 0.2) is 0 Å². The number of rotatable bonds is 5. The number of sulfonamides is 1. The lowest BCUT2D eigenvalue weighted by molar-refractivity contribution is -0.128. The quantitative estimate of drug-likeness (QED) is 0.845. The second-order valence-electron chi connectivity index (χ2n) is 5.20. The Morgan fingerprint density at radius 1 is 1.22 bits per heavy atom. The molecule has 8 heteroatoms. The molecule has 0 radical (unpaired) electrons. The standard InChI is InChI=1S/C10H18F3NO3S/c1-7(2)5-6-9(3,4)8(15)14-18(16,17)10(11,12)13/h7H,5-6H2,1-4H3,(H,14,15). The van der Waals surface area contributed by atoms with E-state index < -0.39 is 26.9 Å². The predicted molar refractivity (Wildman–Crippen MR) is 61.0 cm³/mol. The molecule has 0 rings (SSSR count). The van der Waals surface area contributed by atoms with Crippen LogP contribution in [0.1, 0.15) is 40.5 Å². The number of carbonyl (C=O) groups excluding carboxylic acids is 1. The van der Waals surface area contributed by atoms with Crippen molar-refractivity contribution >= 4 is 15.9 Å². The first-order chi connectivity index (χ1) is 7.79. The summed E-state index contributed by atoms with van der Waals surface area (Å²) >= 11 is 0. The minimum Gasteiger partial charge on any atom is -0.273 e. The number of halogens is 3. The molecule has 18 heavy (non-hydrogen) atoms. The molecule has 0 aliphatic rings. The van der Waals surface area contributed by atoms with E-state index in [2.05, 4.69) is 0 Å². The van der Waals surface area contributed by atoms with Crippen molar-refractivity contribution in [2.45, 2.75) is 46.0 Å². The first kappa shape index (κ1) is 17.2. The Morgan fingerprint density at radius 3 is 2.00 bits per heavy atom. The summed E-state index contributed by atoms with van der Waals surface area (Å²) in [4.78, 5) is 11.5. The van der Waals surface area contributed by atoms with Gasteiger partial charge >= 0.3 is 15.5 Å². The van der Waals surface area contributed by atoms with Crippen LogP contribution in [0.5, 0.6) is 0 Å². The van der Waals surface area contributed by atoms with Gasteiger partial charge in [-0.15, -0.1) is 0 Å². The van der Waals surface area contributed by atoms with E-state index in [1.54, 1.807) is 0 Å². The normalized spacial score (nSPS) is 13.8. The first-order valence-corrected chi connectivity index (χ1v) is 6.91. The molecule has 0 bridgehead atoms. The lowest BCUT2D eigenvalue weighted by Crippen LogP contribution is -2.45. The smallest absolute Gasteiger partial charge is 0.273 e. The van der Waals surface area contributed by atoms with E-state index in [-0.39, 0.29) is 5.92 Å². The SMILES string of the molecule is CC(C)CCC(C)(C)C(=O)NS(=O)(=O)C(F)(F)F. The fourth-order valence-corrected chi connectivity index (χ4v) is 1.72. The van der Waals surface area contributed by atoms with Crippen LogP contribution in [0.25, 0.3) is 0 Å². The molecule has 0 unspecified atom stereocenters. The van der Waals surface area contributed by atoms with Gasteiger partial charge in [0.25, 0.3) is 0 Å². The third-order valence-electron chi connectivity index (χ3n) is 2.49. The molecule has 0 aliphatic heterocycles. The third kappa shape index (κ3) is 4.83. The van der Waals surface area contributed by atoms with Crippen molar-refractivity contribution in [1.29, 1.82) is 0 Å². The van der Waals surface area contributed by atoms with Crippen molar-refractivity contribution in [2.24, 2.45) is 11.3 Å². The lowest BCUT2D eigenvalue weighted by atomic mass is 9.85. The molecule has 0 aliphatic carbocycles. The summed E-state index contributed by atoms with van der Waals surface area (Å²) in [7, 11) is -5.62. The Bertz CT molecular complexity index is 399. The van der Waals surface area contributed by atoms with Crippen LogP contribution in [0.4, 0.5) is 13.2 Å². The van der Waals surface area contributed by atoms with E-state index in [4.69, 9.17) is 0 Å². The maximum Gasteiger partial charge on any atom is 0.516 e. The van der Waals surface area contributed by atoms with Gasteiger partial charge in [0, 0.05) is 5.41 Å². The summed E-state index contributed by atoms with van der Waals surface area (Å²) in [6.07, 6.45) is 0.927. The molecule has 1 N–H and O–H groups in total. The Hall–Kier alpha value is -0.790. The second-order valence-corrected chi connectivity index (χ2v) is 6.87. The lowest BCUT2D eigenvalue weighted by Gasteiger charge is -2.24. The Labute approximate surface area is 105 Å². The van der Waals surface area contributed by atoms with Gasteiger partial charge in [-0.05, 0) is 18.8 Å². The van der Waals surface area contributed by atoms with Crippen LogP contribution < -0.4 is 4.72 Å². The topological polar surface area (TPSA) is 63.2 Å². The van der Waals surface area contributed by atoms with Crippen LogP contribution in [-0.4, -0.2) is 19.8 Å². The average Bonchev–Trinajstić information content (AvgIpc) is 2.12. The van der Waals surface area contributed by atoms with Crippen molar-refractivity contribution in [3.63, 3.8) is 0 Å². The zero-order valence-electron chi connectivity index (χ0n) is 10.8. The van der Waals surface area contributed by atoms with Crippen LogP contribution in [0.2, 0.25) is 0 Å². The van der Waals surface area contributed by atoms with E-state index in [0.717, 1.165) is 4.72 Å². The number of alkyl halides is 3. The Kier molecular flexibility index (Phi) is 5.22. The molecule has 1 amide bonds. The van der Waals surface area contributed by atoms with E-state index in [9.17, 15) is 26.4 Å². The monoisotopic (exact) mass is 289 g/mol. The number of carbonyl (C=O) groups is 1. The highest BCUT2D eigenvalue weighted by atomic mass is 32.2. The molecule has 0 saturated carbocycles. The maximum absolute atomic E-state index is 12.1. The molecule has 0 aromatic carbocycles. The summed E-state index contributed by atoms with van der Waals surface area (Å²) in [5, 5.41) is 0. The van der Waals surface area contributed by atoms with Crippen molar-refractivity contribution in [2.75, 3.05) is 0 Å². The number of hydrogen-bond acceptors (Lipinski definition) is 3. The Morgan fingerprint density at radius 2 is 1.67 bits per heavy atom. The van der Waals surface area contributed by atoms with Gasteiger partial charge in [0.2, 0.25) is 5.91 Å². The van der Waals surface area contributed by atoms with Crippen molar-refractivity contribution < 1.29 is 26.4 Å². The summed E-state index contributed by atoms with van der Waals surface area (Å²) in [6.45, 7) is 6.63. The van der Waals surface area contributed by atoms with Gasteiger partial charge in [0.05, 0.1) is 0 Å². The van der Waals surface area contributed by atoms with Gasteiger partial charge in [0.1, 0.15) is 0 Å². The summed E-state index contributed by atoms with van der Waals surface area (Å²) in [5.41, 5.74) is -6.64. The summed E-state index contributed by atoms with van der Waals surface area (Å²) < 4.78 is 58.9. The maximum atomic E-state index is 12.1. The highest BCUT2D eigenvalue weighted by Gasteiger charge is 2.48. The molecule has 0 spiro atoms. The third-order valence-corrected chi connectivity index (χ3v) is 3.56. The van der Waals surface area contributed by atoms with Crippen LogP contribution in [0.3, 0.4) is 0 Å². The fraction of sp³-hybridized carbons (Fsp3) is 0.900. The van der Waals surface area contributed by atoms with Crippen molar-refractivity contribution in [1.82, 2.24) is 4.72 Å². The summed E-state index contributed by atoms with van der Waals surface area (Å²) in [6, 6.07) is 0. The van der Waals surface area contributed by atoms with Gasteiger partial charge in [-0.1, -0.05) is 27.7 Å². The van der Waals surface area contributed by atoms with Gasteiger partial charge in [-0.2, -0.15) is 21.6 Å². The van der Waals surface area contributed by atoms with Gasteiger partial charge < -0.3 is 0 Å². The minimum absolute atomic E-state index is 0.274. The molecule has 0 aromatic heterocycles. The molecular weight excluding hydrogens is 271 g/mol. The van der Waals surface area contributed by atoms with Crippen LogP contribution >= 0.6 is 0 Å². The van der Waals surface area contributed by atoms with Gasteiger partial charge in [0.15, 0.2) is 0 Å². The molecule has 0 aromatic rings. The predicted octanol–water partition coefficient (Wildman–Crippen LogP) is 2.41. The summed E-state index contributed by atoms with van der Waals surface area (Å²) in [5.74, 6) is -0.864. The fourth-order valence-electron chi connectivity index (χ4n) is 1.08. The molecular formula is C10H18F3NO3S. The molecule has 0 fully saturated rings. The van der Waals surface area contributed by atoms with Crippen LogP contribution in [0, 0.1) is 11.3 Å². The highest BCUT2D eigenvalue weighted by molar-refractivity contribution is 7.90. The van der Waals surface area contributed by atoms with Crippen LogP contribution in [-0.2, 0) is 14.8 Å². The van der Waals surface area contributed by atoms with E-state index in [0.29, 0.717) is 12.8 Å². The first-order valence-electron chi connectivity index (χ1n) is 5.43. The van der Waals surface area contributed by atoms with Crippen molar-refractivity contribution in [3.05, 3.63) is 0 Å². The molecule has 0 atom stereocenters. The van der Waals surface area contributed by atoms with Crippen molar-refractivity contribution in [3.8, 4) is 0 Å². The zero-order chi connectivity index (χ0) is 14.8. The average molecular weight is 289 g/mol. The highest BCUT2D eigenvalue weighted by Crippen LogP contribution is 2.27.